The molecule has 0 aliphatic heterocycles. The third kappa shape index (κ3) is 4.51. The summed E-state index contributed by atoms with van der Waals surface area (Å²) in [5.74, 6) is -0.595. The molecule has 0 spiro atoms. The number of ether oxygens (including phenoxy) is 1. The third-order valence-electron chi connectivity index (χ3n) is 3.53. The lowest BCUT2D eigenvalue weighted by Gasteiger charge is -2.10. The fourth-order valence-corrected chi connectivity index (χ4v) is 3.11. The Kier molecular flexibility index (Phi) is 5.56. The summed E-state index contributed by atoms with van der Waals surface area (Å²) >= 11 is 0. The molecule has 0 fully saturated rings. The summed E-state index contributed by atoms with van der Waals surface area (Å²) in [5.41, 5.74) is -0.905. The monoisotopic (exact) mass is 384 g/mol. The van der Waals surface area contributed by atoms with Crippen molar-refractivity contribution in [2.75, 3.05) is 13.4 Å². The van der Waals surface area contributed by atoms with Crippen LogP contribution < -0.4 is 4.74 Å². The highest BCUT2D eigenvalue weighted by Crippen LogP contribution is 2.32. The number of carbonyl (C=O) groups is 1. The summed E-state index contributed by atoms with van der Waals surface area (Å²) in [4.78, 5) is 12.2. The maximum absolute atomic E-state index is 13.0. The number of hydrogen-bond donors (Lipinski definition) is 0. The molecule has 2 aromatic rings. The molecule has 0 atom stereocenters. The van der Waals surface area contributed by atoms with Crippen LogP contribution in [0.4, 0.5) is 13.2 Å². The van der Waals surface area contributed by atoms with E-state index in [2.05, 4.69) is 0 Å². The van der Waals surface area contributed by atoms with E-state index in [-0.39, 0.29) is 21.8 Å². The highest BCUT2D eigenvalue weighted by Gasteiger charge is 2.32. The molecule has 0 amide bonds. The number of hydrogen-bond acceptors (Lipinski definition) is 4. The summed E-state index contributed by atoms with van der Waals surface area (Å²) < 4.78 is 67.2. The molecule has 2 rings (SSSR count). The number of alkyl halides is 3. The van der Waals surface area contributed by atoms with Crippen molar-refractivity contribution in [2.45, 2.75) is 11.1 Å². The summed E-state index contributed by atoms with van der Waals surface area (Å²) in [6.07, 6.45) is -1.47. The van der Waals surface area contributed by atoms with Crippen LogP contribution in [0.1, 0.15) is 21.5 Å². The van der Waals surface area contributed by atoms with Crippen molar-refractivity contribution in [2.24, 2.45) is 0 Å². The Bertz CT molecular complexity index is 961. The van der Waals surface area contributed by atoms with Gasteiger partial charge in [-0.1, -0.05) is 24.3 Å². The van der Waals surface area contributed by atoms with E-state index in [4.69, 9.17) is 4.74 Å². The lowest BCUT2D eigenvalue weighted by atomic mass is 10.0. The number of allylic oxidation sites excluding steroid dienone is 1. The smallest absolute Gasteiger partial charge is 0.416 e. The van der Waals surface area contributed by atoms with Crippen molar-refractivity contribution in [3.63, 3.8) is 0 Å². The first kappa shape index (κ1) is 19.7. The number of methoxy groups -OCH3 is 1. The first-order valence-electron chi connectivity index (χ1n) is 7.31. The van der Waals surface area contributed by atoms with Crippen molar-refractivity contribution in [3.05, 3.63) is 65.2 Å². The second kappa shape index (κ2) is 7.33. The summed E-state index contributed by atoms with van der Waals surface area (Å²) in [5, 5.41) is 0. The number of ketones is 1. The molecule has 2 aromatic carbocycles. The maximum atomic E-state index is 13.0. The van der Waals surface area contributed by atoms with Gasteiger partial charge in [-0.25, -0.2) is 8.42 Å². The highest BCUT2D eigenvalue weighted by atomic mass is 32.2. The fraction of sp³-hybridized carbons (Fsp3) is 0.167. The van der Waals surface area contributed by atoms with Crippen molar-refractivity contribution >= 4 is 21.7 Å². The molecular weight excluding hydrogens is 369 g/mol. The molecule has 0 aliphatic rings. The zero-order chi connectivity index (χ0) is 19.5. The molecular formula is C18H15F3O4S. The summed E-state index contributed by atoms with van der Waals surface area (Å²) in [7, 11) is -2.29. The first-order chi connectivity index (χ1) is 12.0. The van der Waals surface area contributed by atoms with E-state index in [9.17, 15) is 26.4 Å². The number of benzene rings is 2. The maximum Gasteiger partial charge on any atom is 0.416 e. The number of halogens is 3. The molecule has 0 saturated heterocycles. The Hall–Kier alpha value is -2.61. The molecule has 8 heteroatoms. The molecule has 138 valence electrons. The van der Waals surface area contributed by atoms with Gasteiger partial charge < -0.3 is 4.74 Å². The van der Waals surface area contributed by atoms with E-state index >= 15 is 0 Å². The molecule has 0 saturated carbocycles. The average Bonchev–Trinajstić information content (AvgIpc) is 2.57. The van der Waals surface area contributed by atoms with Crippen LogP contribution in [0.5, 0.6) is 5.75 Å². The average molecular weight is 384 g/mol. The van der Waals surface area contributed by atoms with E-state index in [0.29, 0.717) is 0 Å². The van der Waals surface area contributed by atoms with Crippen molar-refractivity contribution < 1.29 is 31.1 Å². The highest BCUT2D eigenvalue weighted by molar-refractivity contribution is 7.90. The molecule has 0 N–H and O–H groups in total. The van der Waals surface area contributed by atoms with Crippen LogP contribution in [0.25, 0.3) is 6.08 Å². The van der Waals surface area contributed by atoms with Gasteiger partial charge in [-0.2, -0.15) is 13.2 Å². The molecule has 0 aliphatic carbocycles. The Balaban J connectivity index is 2.36. The number of carbonyl (C=O) groups excluding carboxylic acids is 1. The summed E-state index contributed by atoms with van der Waals surface area (Å²) in [6, 6.07) is 8.60. The van der Waals surface area contributed by atoms with Gasteiger partial charge in [-0.15, -0.1) is 0 Å². The fourth-order valence-electron chi connectivity index (χ4n) is 2.29. The minimum absolute atomic E-state index is 0.0116. The molecule has 0 radical (unpaired) electrons. The van der Waals surface area contributed by atoms with Crippen LogP contribution in [0.15, 0.2) is 53.4 Å². The zero-order valence-corrected chi connectivity index (χ0v) is 14.7. The van der Waals surface area contributed by atoms with Crippen LogP contribution in [-0.4, -0.2) is 27.6 Å². The minimum atomic E-state index is -4.54. The molecule has 26 heavy (non-hydrogen) atoms. The minimum Gasteiger partial charge on any atom is -0.495 e. The van der Waals surface area contributed by atoms with E-state index in [0.717, 1.165) is 24.5 Å². The normalized spacial score (nSPS) is 12.3. The van der Waals surface area contributed by atoms with Gasteiger partial charge >= 0.3 is 6.18 Å². The molecule has 0 bridgehead atoms. The zero-order valence-electron chi connectivity index (χ0n) is 13.9. The van der Waals surface area contributed by atoms with Gasteiger partial charge in [0.2, 0.25) is 0 Å². The van der Waals surface area contributed by atoms with Gasteiger partial charge in [-0.05, 0) is 35.9 Å². The molecule has 0 heterocycles. The number of sulfone groups is 1. The Labute approximate surface area is 148 Å². The van der Waals surface area contributed by atoms with E-state index in [1.807, 2.05) is 0 Å². The molecule has 0 unspecified atom stereocenters. The lowest BCUT2D eigenvalue weighted by Crippen LogP contribution is -2.07. The van der Waals surface area contributed by atoms with Crippen LogP contribution in [-0.2, 0) is 16.0 Å². The second-order valence-electron chi connectivity index (χ2n) is 5.42. The summed E-state index contributed by atoms with van der Waals surface area (Å²) in [6.45, 7) is 0. The predicted molar refractivity (Wildman–Crippen MR) is 90.9 cm³/mol. The van der Waals surface area contributed by atoms with Gasteiger partial charge in [0.05, 0.1) is 12.7 Å². The largest absolute Gasteiger partial charge is 0.495 e. The van der Waals surface area contributed by atoms with Gasteiger partial charge in [0.15, 0.2) is 15.6 Å². The van der Waals surface area contributed by atoms with Crippen molar-refractivity contribution in [1.29, 1.82) is 0 Å². The first-order valence-corrected chi connectivity index (χ1v) is 9.20. The van der Waals surface area contributed by atoms with Gasteiger partial charge in [0, 0.05) is 11.8 Å². The lowest BCUT2D eigenvalue weighted by molar-refractivity contribution is -0.137. The van der Waals surface area contributed by atoms with E-state index < -0.39 is 27.4 Å². The van der Waals surface area contributed by atoms with Gasteiger partial charge in [-0.3, -0.25) is 4.79 Å². The van der Waals surface area contributed by atoms with Crippen LogP contribution in [0, 0.1) is 0 Å². The quantitative estimate of drug-likeness (QED) is 0.577. The van der Waals surface area contributed by atoms with Crippen LogP contribution in [0.3, 0.4) is 0 Å². The van der Waals surface area contributed by atoms with Crippen LogP contribution >= 0.6 is 0 Å². The molecule has 0 aromatic heterocycles. The van der Waals surface area contributed by atoms with E-state index in [1.54, 1.807) is 0 Å². The van der Waals surface area contributed by atoms with Gasteiger partial charge in [0.25, 0.3) is 0 Å². The second-order valence-corrected chi connectivity index (χ2v) is 7.40. The number of rotatable bonds is 5. The van der Waals surface area contributed by atoms with Crippen molar-refractivity contribution in [1.82, 2.24) is 0 Å². The SMILES string of the molecule is COc1cc(C(=O)/C=C/c2ccccc2C(F)(F)F)ccc1S(C)(=O)=O. The Morgan fingerprint density at radius 2 is 1.77 bits per heavy atom. The predicted octanol–water partition coefficient (Wildman–Crippen LogP) is 4.01. The van der Waals surface area contributed by atoms with Crippen LogP contribution in [0.2, 0.25) is 0 Å². The Morgan fingerprint density at radius 3 is 2.35 bits per heavy atom. The molecule has 4 nitrogen and oxygen atoms in total. The van der Waals surface area contributed by atoms with Crippen molar-refractivity contribution in [3.8, 4) is 5.75 Å². The third-order valence-corrected chi connectivity index (χ3v) is 4.66. The van der Waals surface area contributed by atoms with Gasteiger partial charge in [0.1, 0.15) is 10.6 Å². The Morgan fingerprint density at radius 1 is 1.12 bits per heavy atom. The standard InChI is InChI=1S/C18H15F3O4S/c1-25-16-11-13(8-10-17(16)26(2,23)24)15(22)9-7-12-5-3-4-6-14(12)18(19,20)21/h3-11H,1-2H3/b9-7+. The topological polar surface area (TPSA) is 60.4 Å². The van der Waals surface area contributed by atoms with E-state index in [1.165, 1.54) is 43.5 Å².